The molecule has 28 heavy (non-hydrogen) atoms. The third-order valence-corrected chi connectivity index (χ3v) is 6.63. The van der Waals surface area contributed by atoms with E-state index in [1.165, 1.54) is 10.4 Å². The van der Waals surface area contributed by atoms with Crippen molar-refractivity contribution in [3.8, 4) is 0 Å². The molecule has 1 atom stereocenters. The van der Waals surface area contributed by atoms with Crippen LogP contribution in [0.2, 0.25) is 0 Å². The Kier molecular flexibility index (Phi) is 6.33. The van der Waals surface area contributed by atoms with E-state index in [0.717, 1.165) is 5.69 Å². The van der Waals surface area contributed by atoms with E-state index in [2.05, 4.69) is 10.6 Å². The molecule has 2 aromatic carbocycles. The van der Waals surface area contributed by atoms with Crippen LogP contribution in [0.4, 0.5) is 11.4 Å². The summed E-state index contributed by atoms with van der Waals surface area (Å²) < 4.78 is 32.6. The van der Waals surface area contributed by atoms with Gasteiger partial charge in [0.05, 0.1) is 18.1 Å². The minimum Gasteiger partial charge on any atom is -0.379 e. The highest BCUT2D eigenvalue weighted by Gasteiger charge is 2.28. The van der Waals surface area contributed by atoms with Crippen molar-refractivity contribution in [3.05, 3.63) is 54.1 Å². The fourth-order valence-electron chi connectivity index (χ4n) is 2.98. The van der Waals surface area contributed by atoms with Gasteiger partial charge in [0.15, 0.2) is 0 Å². The van der Waals surface area contributed by atoms with Crippen LogP contribution in [0.5, 0.6) is 0 Å². The van der Waals surface area contributed by atoms with E-state index in [1.807, 2.05) is 30.3 Å². The van der Waals surface area contributed by atoms with E-state index in [1.54, 1.807) is 26.0 Å². The van der Waals surface area contributed by atoms with Gasteiger partial charge >= 0.3 is 0 Å². The summed E-state index contributed by atoms with van der Waals surface area (Å²) in [6.45, 7) is 4.93. The van der Waals surface area contributed by atoms with Crippen LogP contribution < -0.4 is 10.6 Å². The van der Waals surface area contributed by atoms with E-state index >= 15 is 0 Å². The van der Waals surface area contributed by atoms with Gasteiger partial charge in [0, 0.05) is 24.5 Å². The maximum atomic E-state index is 13.0. The molecular formula is C20H25N3O4S. The second-order valence-corrected chi connectivity index (χ2v) is 8.62. The molecular weight excluding hydrogens is 378 g/mol. The highest BCUT2D eigenvalue weighted by atomic mass is 32.2. The number of amides is 1. The Morgan fingerprint density at radius 2 is 1.75 bits per heavy atom. The lowest BCUT2D eigenvalue weighted by atomic mass is 10.2. The quantitative estimate of drug-likeness (QED) is 0.774. The number of anilines is 2. The Morgan fingerprint density at radius 1 is 1.07 bits per heavy atom. The SMILES string of the molecule is Cc1ccc(NC(=O)[C@@H](C)Nc2ccccc2)cc1S(=O)(=O)N1CCOCC1. The van der Waals surface area contributed by atoms with Crippen LogP contribution in [0.1, 0.15) is 12.5 Å². The largest absolute Gasteiger partial charge is 0.379 e. The summed E-state index contributed by atoms with van der Waals surface area (Å²) in [4.78, 5) is 12.7. The van der Waals surface area contributed by atoms with Crippen LogP contribution in [0, 0.1) is 6.92 Å². The van der Waals surface area contributed by atoms with Gasteiger partial charge in [-0.25, -0.2) is 8.42 Å². The van der Waals surface area contributed by atoms with Crippen molar-refractivity contribution in [3.63, 3.8) is 0 Å². The molecule has 0 spiro atoms. The lowest BCUT2D eigenvalue weighted by molar-refractivity contribution is -0.116. The Balaban J connectivity index is 1.74. The molecule has 0 radical (unpaired) electrons. The summed E-state index contributed by atoms with van der Waals surface area (Å²) in [5.41, 5.74) is 1.92. The maximum Gasteiger partial charge on any atom is 0.246 e. The van der Waals surface area contributed by atoms with Gasteiger partial charge in [-0.3, -0.25) is 4.79 Å². The highest BCUT2D eigenvalue weighted by molar-refractivity contribution is 7.89. The number of sulfonamides is 1. The van der Waals surface area contributed by atoms with Crippen molar-refractivity contribution >= 4 is 27.3 Å². The number of hydrogen-bond donors (Lipinski definition) is 2. The average Bonchev–Trinajstić information content (AvgIpc) is 2.70. The molecule has 3 rings (SSSR count). The highest BCUT2D eigenvalue weighted by Crippen LogP contribution is 2.24. The van der Waals surface area contributed by atoms with Crippen LogP contribution in [-0.4, -0.2) is 51.0 Å². The Bertz CT molecular complexity index is 926. The maximum absolute atomic E-state index is 13.0. The van der Waals surface area contributed by atoms with Gasteiger partial charge in [0.25, 0.3) is 0 Å². The molecule has 7 nitrogen and oxygen atoms in total. The second kappa shape index (κ2) is 8.72. The molecule has 1 heterocycles. The van der Waals surface area contributed by atoms with Crippen LogP contribution in [0.25, 0.3) is 0 Å². The lowest BCUT2D eigenvalue weighted by Gasteiger charge is -2.27. The summed E-state index contributed by atoms with van der Waals surface area (Å²) in [7, 11) is -3.63. The number of ether oxygens (including phenoxy) is 1. The number of carbonyl (C=O) groups is 1. The third-order valence-electron chi connectivity index (χ3n) is 4.59. The molecule has 1 fully saturated rings. The minimum absolute atomic E-state index is 0.205. The number of benzene rings is 2. The summed E-state index contributed by atoms with van der Waals surface area (Å²) in [5, 5.41) is 5.91. The predicted octanol–water partition coefficient (Wildman–Crippen LogP) is 2.46. The number of hydrogen-bond acceptors (Lipinski definition) is 5. The third kappa shape index (κ3) is 4.70. The first-order valence-electron chi connectivity index (χ1n) is 9.19. The van der Waals surface area contributed by atoms with Crippen molar-refractivity contribution in [1.29, 1.82) is 0 Å². The van der Waals surface area contributed by atoms with E-state index in [9.17, 15) is 13.2 Å². The van der Waals surface area contributed by atoms with E-state index in [-0.39, 0.29) is 10.8 Å². The zero-order valence-electron chi connectivity index (χ0n) is 16.0. The average molecular weight is 404 g/mol. The van der Waals surface area contributed by atoms with Gasteiger partial charge in [-0.2, -0.15) is 4.31 Å². The zero-order chi connectivity index (χ0) is 20.1. The normalized spacial score (nSPS) is 16.4. The van der Waals surface area contributed by atoms with E-state index < -0.39 is 16.1 Å². The summed E-state index contributed by atoms with van der Waals surface area (Å²) in [6.07, 6.45) is 0. The first kappa shape index (κ1) is 20.3. The van der Waals surface area contributed by atoms with Gasteiger partial charge < -0.3 is 15.4 Å². The molecule has 8 heteroatoms. The van der Waals surface area contributed by atoms with Gasteiger partial charge in [0.2, 0.25) is 15.9 Å². The van der Waals surface area contributed by atoms with Crippen molar-refractivity contribution in [1.82, 2.24) is 4.31 Å². The van der Waals surface area contributed by atoms with Gasteiger partial charge in [-0.15, -0.1) is 0 Å². The van der Waals surface area contributed by atoms with Crippen LogP contribution in [0.3, 0.4) is 0 Å². The van der Waals surface area contributed by atoms with Crippen LogP contribution in [0.15, 0.2) is 53.4 Å². The van der Waals surface area contributed by atoms with Crippen LogP contribution in [-0.2, 0) is 19.6 Å². The number of nitrogens with one attached hydrogen (secondary N) is 2. The van der Waals surface area contributed by atoms with Crippen molar-refractivity contribution in [2.45, 2.75) is 24.8 Å². The van der Waals surface area contributed by atoms with Gasteiger partial charge in [-0.1, -0.05) is 24.3 Å². The summed E-state index contributed by atoms with van der Waals surface area (Å²) in [6, 6.07) is 13.9. The van der Waals surface area contributed by atoms with Crippen molar-refractivity contribution < 1.29 is 17.9 Å². The Hall–Kier alpha value is -2.42. The Labute approximate surface area is 165 Å². The number of rotatable bonds is 6. The molecule has 150 valence electrons. The monoisotopic (exact) mass is 403 g/mol. The van der Waals surface area contributed by atoms with Crippen molar-refractivity contribution in [2.24, 2.45) is 0 Å². The molecule has 1 saturated heterocycles. The Morgan fingerprint density at radius 3 is 2.43 bits per heavy atom. The standard InChI is InChI=1S/C20H25N3O4S/c1-15-8-9-18(14-19(15)28(25,26)23-10-12-27-13-11-23)22-20(24)16(2)21-17-6-4-3-5-7-17/h3-9,14,16,21H,10-13H2,1-2H3,(H,22,24)/t16-/m1/s1. The molecule has 2 N–H and O–H groups in total. The van der Waals surface area contributed by atoms with E-state index in [4.69, 9.17) is 4.74 Å². The predicted molar refractivity (Wildman–Crippen MR) is 109 cm³/mol. The van der Waals surface area contributed by atoms with Crippen LogP contribution >= 0.6 is 0 Å². The summed E-state index contributed by atoms with van der Waals surface area (Å²) in [5.74, 6) is -0.248. The molecule has 0 unspecified atom stereocenters. The molecule has 2 aromatic rings. The first-order valence-corrected chi connectivity index (χ1v) is 10.6. The molecule has 1 aliphatic rings. The number of aryl methyl sites for hydroxylation is 1. The molecule has 0 aromatic heterocycles. The zero-order valence-corrected chi connectivity index (χ0v) is 16.8. The number of para-hydroxylation sites is 1. The van der Waals surface area contributed by atoms with Gasteiger partial charge in [-0.05, 0) is 43.7 Å². The second-order valence-electron chi connectivity index (χ2n) is 6.72. The molecule has 0 bridgehead atoms. The van der Waals surface area contributed by atoms with Gasteiger partial charge in [0.1, 0.15) is 6.04 Å². The molecule has 1 aliphatic heterocycles. The molecule has 1 amide bonds. The minimum atomic E-state index is -3.63. The fraction of sp³-hybridized carbons (Fsp3) is 0.350. The smallest absolute Gasteiger partial charge is 0.246 e. The number of morpholine rings is 1. The first-order chi connectivity index (χ1) is 13.4. The summed E-state index contributed by atoms with van der Waals surface area (Å²) >= 11 is 0. The lowest BCUT2D eigenvalue weighted by Crippen LogP contribution is -2.40. The fourth-order valence-corrected chi connectivity index (χ4v) is 4.64. The van der Waals surface area contributed by atoms with E-state index in [0.29, 0.717) is 37.6 Å². The molecule has 0 saturated carbocycles. The number of carbonyl (C=O) groups excluding carboxylic acids is 1. The van der Waals surface area contributed by atoms with Crippen molar-refractivity contribution in [2.75, 3.05) is 36.9 Å². The molecule has 0 aliphatic carbocycles. The topological polar surface area (TPSA) is 87.7 Å². The number of nitrogens with zero attached hydrogens (tertiary/aromatic N) is 1.